The Kier molecular flexibility index (Phi) is 6.15. The van der Waals surface area contributed by atoms with Crippen LogP contribution in [0.2, 0.25) is 0 Å². The molecule has 0 atom stereocenters. The summed E-state index contributed by atoms with van der Waals surface area (Å²) in [7, 11) is -4.26. The van der Waals surface area contributed by atoms with Crippen molar-refractivity contribution in [2.75, 3.05) is 18.1 Å². The summed E-state index contributed by atoms with van der Waals surface area (Å²) < 4.78 is 43.2. The van der Waals surface area contributed by atoms with Gasteiger partial charge in [0.15, 0.2) is 23.9 Å². The first kappa shape index (κ1) is 22.7. The van der Waals surface area contributed by atoms with Crippen LogP contribution in [0.25, 0.3) is 0 Å². The maximum atomic E-state index is 12.7. The first-order valence-corrected chi connectivity index (χ1v) is 11.2. The minimum Gasteiger partial charge on any atom is -0.454 e. The van der Waals surface area contributed by atoms with Gasteiger partial charge in [-0.2, -0.15) is 0 Å². The van der Waals surface area contributed by atoms with Crippen molar-refractivity contribution < 1.29 is 37.1 Å². The van der Waals surface area contributed by atoms with E-state index in [0.29, 0.717) is 11.5 Å². The molecule has 174 valence electrons. The van der Waals surface area contributed by atoms with Crippen LogP contribution in [-0.2, 0) is 14.8 Å². The van der Waals surface area contributed by atoms with Crippen LogP contribution in [0.15, 0.2) is 71.6 Å². The molecule has 3 aromatic carbocycles. The van der Waals surface area contributed by atoms with Crippen molar-refractivity contribution in [3.05, 3.63) is 88.0 Å². The van der Waals surface area contributed by atoms with Crippen molar-refractivity contribution in [2.45, 2.75) is 4.90 Å². The van der Waals surface area contributed by atoms with Gasteiger partial charge in [0, 0.05) is 17.7 Å². The molecule has 0 saturated carbocycles. The molecule has 0 amide bonds. The highest BCUT2D eigenvalue weighted by Crippen LogP contribution is 2.32. The van der Waals surface area contributed by atoms with Gasteiger partial charge < -0.3 is 14.2 Å². The number of fused-ring (bicyclic) bond motifs is 1. The third kappa shape index (κ3) is 4.81. The zero-order chi connectivity index (χ0) is 24.3. The van der Waals surface area contributed by atoms with E-state index in [2.05, 4.69) is 4.72 Å². The average molecular weight is 484 g/mol. The third-order valence-electron chi connectivity index (χ3n) is 4.76. The molecule has 0 bridgehead atoms. The molecular formula is C22H16N2O9S. The van der Waals surface area contributed by atoms with Gasteiger partial charge in [-0.05, 0) is 36.4 Å². The quantitative estimate of drug-likeness (QED) is 0.220. The summed E-state index contributed by atoms with van der Waals surface area (Å²) in [6, 6.07) is 14.6. The topological polar surface area (TPSA) is 151 Å². The molecule has 1 aliphatic rings. The van der Waals surface area contributed by atoms with Gasteiger partial charge in [0.25, 0.3) is 15.7 Å². The summed E-state index contributed by atoms with van der Waals surface area (Å²) in [6.07, 6.45) is 0. The van der Waals surface area contributed by atoms with E-state index in [4.69, 9.17) is 14.2 Å². The zero-order valence-electron chi connectivity index (χ0n) is 17.3. The van der Waals surface area contributed by atoms with Crippen molar-refractivity contribution in [3.63, 3.8) is 0 Å². The van der Waals surface area contributed by atoms with Crippen LogP contribution >= 0.6 is 0 Å². The number of nitro groups is 1. The van der Waals surface area contributed by atoms with Crippen molar-refractivity contribution in [2.24, 2.45) is 0 Å². The van der Waals surface area contributed by atoms with Gasteiger partial charge in [-0.3, -0.25) is 19.6 Å². The fraction of sp³-hybridized carbons (Fsp3) is 0.0909. The first-order chi connectivity index (χ1) is 16.2. The number of sulfonamides is 1. The second-order valence-corrected chi connectivity index (χ2v) is 8.66. The number of hydrogen-bond donors (Lipinski definition) is 1. The number of esters is 1. The number of carbonyl (C=O) groups is 2. The number of nitrogens with zero attached hydrogens (tertiary/aromatic N) is 1. The van der Waals surface area contributed by atoms with Crippen LogP contribution in [0, 0.1) is 10.1 Å². The van der Waals surface area contributed by atoms with Gasteiger partial charge in [-0.15, -0.1) is 0 Å². The Hall–Kier alpha value is -4.45. The number of benzene rings is 3. The maximum absolute atomic E-state index is 12.7. The molecule has 1 aliphatic heterocycles. The monoisotopic (exact) mass is 484 g/mol. The number of Topliss-reactive ketones (excluding diaryl/α,β-unsaturated/α-hetero) is 1. The predicted molar refractivity (Wildman–Crippen MR) is 118 cm³/mol. The Bertz CT molecular complexity index is 1400. The normalized spacial score (nSPS) is 12.1. The highest BCUT2D eigenvalue weighted by atomic mass is 32.2. The predicted octanol–water partition coefficient (Wildman–Crippen LogP) is 3.16. The number of anilines is 1. The van der Waals surface area contributed by atoms with Gasteiger partial charge in [-0.1, -0.05) is 18.2 Å². The zero-order valence-corrected chi connectivity index (χ0v) is 18.1. The van der Waals surface area contributed by atoms with E-state index in [9.17, 15) is 28.1 Å². The molecule has 3 aromatic rings. The van der Waals surface area contributed by atoms with Gasteiger partial charge in [-0.25, -0.2) is 13.2 Å². The number of hydrogen-bond acceptors (Lipinski definition) is 9. The second kappa shape index (κ2) is 9.19. The molecule has 0 spiro atoms. The molecule has 0 aromatic heterocycles. The Morgan fingerprint density at radius 2 is 1.76 bits per heavy atom. The summed E-state index contributed by atoms with van der Waals surface area (Å²) in [4.78, 5) is 34.9. The number of carbonyl (C=O) groups excluding carboxylic acids is 2. The van der Waals surface area contributed by atoms with Crippen molar-refractivity contribution in [3.8, 4) is 11.5 Å². The third-order valence-corrected chi connectivity index (χ3v) is 6.12. The van der Waals surface area contributed by atoms with E-state index < -0.39 is 39.0 Å². The van der Waals surface area contributed by atoms with E-state index >= 15 is 0 Å². The average Bonchev–Trinajstić information content (AvgIpc) is 3.30. The van der Waals surface area contributed by atoms with E-state index in [1.54, 1.807) is 6.07 Å². The van der Waals surface area contributed by atoms with Crippen LogP contribution in [0.3, 0.4) is 0 Å². The molecule has 0 fully saturated rings. The summed E-state index contributed by atoms with van der Waals surface area (Å²) in [5.74, 6) is -0.538. The minimum absolute atomic E-state index is 0.0466. The van der Waals surface area contributed by atoms with E-state index in [1.165, 1.54) is 48.5 Å². The lowest BCUT2D eigenvalue weighted by Gasteiger charge is -2.12. The number of non-ortho nitro benzene ring substituents is 1. The molecular weight excluding hydrogens is 468 g/mol. The smallest absolute Gasteiger partial charge is 0.340 e. The molecule has 0 unspecified atom stereocenters. The molecule has 4 rings (SSSR count). The first-order valence-electron chi connectivity index (χ1n) is 9.71. The summed E-state index contributed by atoms with van der Waals surface area (Å²) in [6.45, 7) is -0.546. The molecule has 0 radical (unpaired) electrons. The van der Waals surface area contributed by atoms with Crippen molar-refractivity contribution in [1.29, 1.82) is 0 Å². The molecule has 12 heteroatoms. The Labute approximate surface area is 193 Å². The molecule has 1 N–H and O–H groups in total. The second-order valence-electron chi connectivity index (χ2n) is 6.97. The fourth-order valence-corrected chi connectivity index (χ4v) is 4.20. The van der Waals surface area contributed by atoms with Crippen LogP contribution in [-0.4, -0.2) is 38.5 Å². The summed E-state index contributed by atoms with van der Waals surface area (Å²) >= 11 is 0. The number of ketones is 1. The van der Waals surface area contributed by atoms with E-state index in [-0.39, 0.29) is 28.5 Å². The van der Waals surface area contributed by atoms with Crippen molar-refractivity contribution >= 4 is 33.2 Å². The molecule has 0 aliphatic carbocycles. The number of nitro benzene ring substituents is 1. The Morgan fingerprint density at radius 1 is 1.00 bits per heavy atom. The highest BCUT2D eigenvalue weighted by molar-refractivity contribution is 7.92. The van der Waals surface area contributed by atoms with Gasteiger partial charge in [0.05, 0.1) is 21.1 Å². The van der Waals surface area contributed by atoms with Crippen LogP contribution < -0.4 is 14.2 Å². The van der Waals surface area contributed by atoms with E-state index in [0.717, 1.165) is 12.1 Å². The number of nitrogens with one attached hydrogen (secondary N) is 1. The van der Waals surface area contributed by atoms with Crippen LogP contribution in [0.4, 0.5) is 11.4 Å². The Morgan fingerprint density at radius 3 is 2.56 bits per heavy atom. The SMILES string of the molecule is O=C(COC(=O)c1ccccc1NS(=O)(=O)c1cccc([N+](=O)[O-])c1)c1ccc2c(c1)OCO2. The number of rotatable bonds is 8. The molecule has 1 heterocycles. The van der Waals surface area contributed by atoms with Crippen LogP contribution in [0.5, 0.6) is 11.5 Å². The Balaban J connectivity index is 1.48. The largest absolute Gasteiger partial charge is 0.454 e. The molecule has 0 saturated heterocycles. The van der Waals surface area contributed by atoms with Gasteiger partial charge in [0.1, 0.15) is 0 Å². The van der Waals surface area contributed by atoms with Gasteiger partial charge in [0.2, 0.25) is 6.79 Å². The highest BCUT2D eigenvalue weighted by Gasteiger charge is 2.22. The minimum atomic E-state index is -4.26. The lowest BCUT2D eigenvalue weighted by molar-refractivity contribution is -0.385. The summed E-state index contributed by atoms with van der Waals surface area (Å²) in [5.41, 5.74) is -0.418. The number of para-hydroxylation sites is 1. The van der Waals surface area contributed by atoms with Crippen molar-refractivity contribution in [1.82, 2.24) is 0 Å². The summed E-state index contributed by atoms with van der Waals surface area (Å²) in [5, 5.41) is 11.0. The lowest BCUT2D eigenvalue weighted by Crippen LogP contribution is -2.18. The molecule has 11 nitrogen and oxygen atoms in total. The van der Waals surface area contributed by atoms with Gasteiger partial charge >= 0.3 is 5.97 Å². The van der Waals surface area contributed by atoms with E-state index in [1.807, 2.05) is 0 Å². The fourth-order valence-electron chi connectivity index (χ4n) is 3.08. The molecule has 34 heavy (non-hydrogen) atoms. The lowest BCUT2D eigenvalue weighted by atomic mass is 10.1. The maximum Gasteiger partial charge on any atom is 0.340 e. The number of ether oxygens (including phenoxy) is 3. The standard InChI is InChI=1S/C22H16N2O9S/c25-19(14-8-9-20-21(10-14)33-13-32-20)12-31-22(26)17-6-1-2-7-18(17)23-34(29,30)16-5-3-4-15(11-16)24(27)28/h1-11,23H,12-13H2. The van der Waals surface area contributed by atoms with Crippen LogP contribution in [0.1, 0.15) is 20.7 Å².